The molecule has 0 saturated carbocycles. The lowest BCUT2D eigenvalue weighted by Crippen LogP contribution is -2.03. The zero-order valence-electron chi connectivity index (χ0n) is 7.79. The van der Waals surface area contributed by atoms with E-state index in [0.29, 0.717) is 12.1 Å². The molecule has 0 aliphatic carbocycles. The van der Waals surface area contributed by atoms with Crippen LogP contribution < -0.4 is 10.5 Å². The van der Waals surface area contributed by atoms with Gasteiger partial charge in [0, 0.05) is 6.54 Å². The highest BCUT2D eigenvalue weighted by molar-refractivity contribution is 5.49. The molecule has 1 rings (SSSR count). The first kappa shape index (κ1) is 9.56. The van der Waals surface area contributed by atoms with Gasteiger partial charge in [0.25, 0.3) is 0 Å². The Balaban J connectivity index is 3.34. The van der Waals surface area contributed by atoms with E-state index in [1.807, 2.05) is 6.92 Å². The first-order valence-electron chi connectivity index (χ1n) is 4.01. The minimum Gasteiger partial charge on any atom is -0.496 e. The molecule has 0 amide bonds. The summed E-state index contributed by atoms with van der Waals surface area (Å²) >= 11 is 0. The molecule has 0 aliphatic heterocycles. The second-order valence-corrected chi connectivity index (χ2v) is 2.73. The van der Waals surface area contributed by atoms with E-state index in [4.69, 9.17) is 15.7 Å². The summed E-state index contributed by atoms with van der Waals surface area (Å²) in [6.07, 6.45) is 0. The van der Waals surface area contributed by atoms with Crippen molar-refractivity contribution in [3.63, 3.8) is 0 Å². The third-order valence-corrected chi connectivity index (χ3v) is 2.09. The lowest BCUT2D eigenvalue weighted by molar-refractivity contribution is 0.411. The van der Waals surface area contributed by atoms with Gasteiger partial charge in [0.2, 0.25) is 0 Å². The van der Waals surface area contributed by atoms with Crippen LogP contribution in [0.25, 0.3) is 0 Å². The highest BCUT2D eigenvalue weighted by atomic mass is 16.5. The van der Waals surface area contributed by atoms with Gasteiger partial charge < -0.3 is 10.5 Å². The number of nitriles is 1. The number of ether oxygens (including phenoxy) is 1. The predicted octanol–water partition coefficient (Wildman–Crippen LogP) is 1.33. The Morgan fingerprint density at radius 3 is 2.69 bits per heavy atom. The molecule has 2 N–H and O–H groups in total. The van der Waals surface area contributed by atoms with Gasteiger partial charge in [0.1, 0.15) is 5.75 Å². The summed E-state index contributed by atoms with van der Waals surface area (Å²) in [4.78, 5) is 0. The van der Waals surface area contributed by atoms with E-state index >= 15 is 0 Å². The third kappa shape index (κ3) is 1.63. The lowest BCUT2D eigenvalue weighted by atomic mass is 10.0. The first-order chi connectivity index (χ1) is 6.24. The molecule has 0 unspecified atom stereocenters. The van der Waals surface area contributed by atoms with Crippen LogP contribution in [-0.2, 0) is 6.54 Å². The van der Waals surface area contributed by atoms with Gasteiger partial charge in [-0.05, 0) is 30.2 Å². The van der Waals surface area contributed by atoms with Crippen LogP contribution in [0.4, 0.5) is 0 Å². The second kappa shape index (κ2) is 3.92. The highest BCUT2D eigenvalue weighted by Gasteiger charge is 2.07. The minimum absolute atomic E-state index is 0.367. The Morgan fingerprint density at radius 2 is 2.23 bits per heavy atom. The van der Waals surface area contributed by atoms with Crippen LogP contribution in [-0.4, -0.2) is 7.11 Å². The van der Waals surface area contributed by atoms with E-state index < -0.39 is 0 Å². The number of nitrogens with two attached hydrogens (primary N) is 1. The SMILES string of the molecule is COc1ccc(C#N)c(CN)c1C. The molecular formula is C10H12N2O. The van der Waals surface area contributed by atoms with E-state index in [1.165, 1.54) is 0 Å². The zero-order chi connectivity index (χ0) is 9.84. The van der Waals surface area contributed by atoms with E-state index in [0.717, 1.165) is 16.9 Å². The quantitative estimate of drug-likeness (QED) is 0.739. The maximum Gasteiger partial charge on any atom is 0.122 e. The van der Waals surface area contributed by atoms with Gasteiger partial charge in [-0.3, -0.25) is 0 Å². The Kier molecular flexibility index (Phi) is 2.88. The van der Waals surface area contributed by atoms with Crippen molar-refractivity contribution in [2.24, 2.45) is 5.73 Å². The molecule has 0 radical (unpaired) electrons. The van der Waals surface area contributed by atoms with Crippen molar-refractivity contribution in [3.8, 4) is 11.8 Å². The van der Waals surface area contributed by atoms with Crippen LogP contribution in [0, 0.1) is 18.3 Å². The van der Waals surface area contributed by atoms with E-state index in [1.54, 1.807) is 19.2 Å². The molecule has 13 heavy (non-hydrogen) atoms. The molecule has 0 spiro atoms. The Labute approximate surface area is 77.7 Å². The summed E-state index contributed by atoms with van der Waals surface area (Å²) in [5, 5.41) is 8.79. The predicted molar refractivity (Wildman–Crippen MR) is 50.3 cm³/mol. The Hall–Kier alpha value is -1.53. The monoisotopic (exact) mass is 176 g/mol. The fourth-order valence-corrected chi connectivity index (χ4v) is 1.32. The highest BCUT2D eigenvalue weighted by Crippen LogP contribution is 2.23. The van der Waals surface area contributed by atoms with Crippen molar-refractivity contribution in [3.05, 3.63) is 28.8 Å². The van der Waals surface area contributed by atoms with Gasteiger partial charge >= 0.3 is 0 Å². The molecular weight excluding hydrogens is 164 g/mol. The third-order valence-electron chi connectivity index (χ3n) is 2.09. The second-order valence-electron chi connectivity index (χ2n) is 2.73. The molecule has 0 saturated heterocycles. The van der Waals surface area contributed by atoms with Gasteiger partial charge in [-0.1, -0.05) is 0 Å². The maximum absolute atomic E-state index is 8.79. The van der Waals surface area contributed by atoms with Crippen molar-refractivity contribution >= 4 is 0 Å². The normalized spacial score (nSPS) is 9.38. The van der Waals surface area contributed by atoms with E-state index in [9.17, 15) is 0 Å². The van der Waals surface area contributed by atoms with Crippen molar-refractivity contribution in [1.82, 2.24) is 0 Å². The number of hydrogen-bond acceptors (Lipinski definition) is 3. The van der Waals surface area contributed by atoms with Gasteiger partial charge in [-0.15, -0.1) is 0 Å². The molecule has 3 heteroatoms. The number of nitrogens with zero attached hydrogens (tertiary/aromatic N) is 1. The number of hydrogen-bond donors (Lipinski definition) is 1. The fraction of sp³-hybridized carbons (Fsp3) is 0.300. The summed E-state index contributed by atoms with van der Waals surface area (Å²) in [6, 6.07) is 5.62. The van der Waals surface area contributed by atoms with Crippen LogP contribution in [0.2, 0.25) is 0 Å². The summed E-state index contributed by atoms with van der Waals surface area (Å²) in [5.74, 6) is 0.777. The molecule has 68 valence electrons. The summed E-state index contributed by atoms with van der Waals surface area (Å²) in [5.41, 5.74) is 7.98. The van der Waals surface area contributed by atoms with E-state index in [2.05, 4.69) is 6.07 Å². The average Bonchev–Trinajstić information content (AvgIpc) is 2.17. The Bertz CT molecular complexity index is 353. The van der Waals surface area contributed by atoms with Gasteiger partial charge in [-0.2, -0.15) is 5.26 Å². The smallest absolute Gasteiger partial charge is 0.122 e. The van der Waals surface area contributed by atoms with Crippen molar-refractivity contribution in [2.75, 3.05) is 7.11 Å². The van der Waals surface area contributed by atoms with Crippen LogP contribution >= 0.6 is 0 Å². The van der Waals surface area contributed by atoms with Crippen LogP contribution in [0.1, 0.15) is 16.7 Å². The van der Waals surface area contributed by atoms with Crippen LogP contribution in [0.5, 0.6) is 5.75 Å². The molecule has 0 heterocycles. The topological polar surface area (TPSA) is 59.0 Å². The molecule has 0 fully saturated rings. The number of rotatable bonds is 2. The fourth-order valence-electron chi connectivity index (χ4n) is 1.32. The van der Waals surface area contributed by atoms with Crippen molar-refractivity contribution in [1.29, 1.82) is 5.26 Å². The maximum atomic E-state index is 8.79. The molecule has 1 aromatic rings. The van der Waals surface area contributed by atoms with Gasteiger partial charge in [-0.25, -0.2) is 0 Å². The first-order valence-corrected chi connectivity index (χ1v) is 4.01. The molecule has 0 aromatic heterocycles. The van der Waals surface area contributed by atoms with Crippen molar-refractivity contribution < 1.29 is 4.74 Å². The van der Waals surface area contributed by atoms with Crippen molar-refractivity contribution in [2.45, 2.75) is 13.5 Å². The average molecular weight is 176 g/mol. The van der Waals surface area contributed by atoms with Crippen LogP contribution in [0.15, 0.2) is 12.1 Å². The summed E-state index contributed by atoms with van der Waals surface area (Å²) in [7, 11) is 1.61. The van der Waals surface area contributed by atoms with Gasteiger partial charge in [0.15, 0.2) is 0 Å². The largest absolute Gasteiger partial charge is 0.496 e. The molecule has 0 bridgehead atoms. The van der Waals surface area contributed by atoms with Crippen LogP contribution in [0.3, 0.4) is 0 Å². The standard InChI is InChI=1S/C10H12N2O/c1-7-9(6-12)8(5-11)3-4-10(7)13-2/h3-4H,6,12H2,1-2H3. The minimum atomic E-state index is 0.367. The number of methoxy groups -OCH3 is 1. The van der Waals surface area contributed by atoms with E-state index in [-0.39, 0.29) is 0 Å². The molecule has 0 atom stereocenters. The molecule has 0 aliphatic rings. The van der Waals surface area contributed by atoms with Gasteiger partial charge in [0.05, 0.1) is 18.7 Å². The zero-order valence-corrected chi connectivity index (χ0v) is 7.79. The summed E-state index contributed by atoms with van der Waals surface area (Å²) in [6.45, 7) is 2.27. The molecule has 1 aromatic carbocycles. The summed E-state index contributed by atoms with van der Waals surface area (Å²) < 4.78 is 5.12. The number of benzene rings is 1. The Morgan fingerprint density at radius 1 is 1.54 bits per heavy atom. The lowest BCUT2D eigenvalue weighted by Gasteiger charge is -2.09. The molecule has 3 nitrogen and oxygen atoms in total.